The van der Waals surface area contributed by atoms with Crippen molar-refractivity contribution in [3.8, 4) is 5.75 Å². The number of methoxy groups -OCH3 is 1. The summed E-state index contributed by atoms with van der Waals surface area (Å²) in [5.41, 5.74) is 1.50. The topological polar surface area (TPSA) is 63.0 Å². The number of carbonyl (C=O) groups is 2. The molecule has 6 nitrogen and oxygen atoms in total. The van der Waals surface area contributed by atoms with Gasteiger partial charge in [0, 0.05) is 18.2 Å². The van der Waals surface area contributed by atoms with E-state index in [1.54, 1.807) is 41.2 Å². The van der Waals surface area contributed by atoms with Gasteiger partial charge in [0.25, 0.3) is 5.91 Å². The molecular formula is C26H30N2O4. The molecule has 0 unspecified atom stereocenters. The fourth-order valence-electron chi connectivity index (χ4n) is 3.45. The number of amides is 2. The van der Waals surface area contributed by atoms with Crippen molar-refractivity contribution in [3.63, 3.8) is 0 Å². The molecule has 2 amide bonds. The summed E-state index contributed by atoms with van der Waals surface area (Å²) in [6, 6.07) is 20.4. The summed E-state index contributed by atoms with van der Waals surface area (Å²) in [6.07, 6.45) is 0. The Labute approximate surface area is 189 Å². The highest BCUT2D eigenvalue weighted by Gasteiger charge is 2.25. The summed E-state index contributed by atoms with van der Waals surface area (Å²) < 4.78 is 11.0. The molecule has 0 spiro atoms. The summed E-state index contributed by atoms with van der Waals surface area (Å²) in [6.45, 7) is 6.42. The van der Waals surface area contributed by atoms with Crippen molar-refractivity contribution in [2.45, 2.75) is 39.9 Å². The maximum atomic E-state index is 13.4. The minimum Gasteiger partial charge on any atom is -0.497 e. The average molecular weight is 435 g/mol. The fourth-order valence-corrected chi connectivity index (χ4v) is 3.45. The Balaban J connectivity index is 1.81. The molecule has 0 aliphatic rings. The van der Waals surface area contributed by atoms with E-state index in [0.717, 1.165) is 11.3 Å². The van der Waals surface area contributed by atoms with E-state index in [2.05, 4.69) is 0 Å². The number of benzene rings is 2. The van der Waals surface area contributed by atoms with Crippen LogP contribution in [0, 0.1) is 6.92 Å². The molecule has 0 fully saturated rings. The Morgan fingerprint density at radius 3 is 2.34 bits per heavy atom. The quantitative estimate of drug-likeness (QED) is 0.491. The van der Waals surface area contributed by atoms with Gasteiger partial charge in [0.15, 0.2) is 0 Å². The molecule has 3 aromatic rings. The molecule has 0 N–H and O–H groups in total. The third kappa shape index (κ3) is 6.00. The van der Waals surface area contributed by atoms with E-state index in [0.29, 0.717) is 30.2 Å². The van der Waals surface area contributed by atoms with Crippen molar-refractivity contribution in [1.82, 2.24) is 9.80 Å². The minimum absolute atomic E-state index is 0.0275. The summed E-state index contributed by atoms with van der Waals surface area (Å²) in [5.74, 6) is 1.75. The zero-order chi connectivity index (χ0) is 23.1. The summed E-state index contributed by atoms with van der Waals surface area (Å²) in [4.78, 5) is 29.9. The summed E-state index contributed by atoms with van der Waals surface area (Å²) in [5, 5.41) is 0. The van der Waals surface area contributed by atoms with Gasteiger partial charge in [0.1, 0.15) is 23.8 Å². The van der Waals surface area contributed by atoms with Gasteiger partial charge in [0.2, 0.25) is 5.91 Å². The Morgan fingerprint density at radius 2 is 1.72 bits per heavy atom. The minimum atomic E-state index is -0.208. The van der Waals surface area contributed by atoms with Gasteiger partial charge >= 0.3 is 0 Å². The van der Waals surface area contributed by atoms with Crippen LogP contribution in [0.2, 0.25) is 0 Å². The van der Waals surface area contributed by atoms with E-state index >= 15 is 0 Å². The van der Waals surface area contributed by atoms with Gasteiger partial charge in [-0.05, 0) is 56.7 Å². The Hall–Kier alpha value is -3.54. The molecule has 0 atom stereocenters. The lowest BCUT2D eigenvalue weighted by Crippen LogP contribution is -2.45. The molecule has 0 saturated heterocycles. The normalized spacial score (nSPS) is 10.8. The van der Waals surface area contributed by atoms with E-state index in [4.69, 9.17) is 9.15 Å². The van der Waals surface area contributed by atoms with Gasteiger partial charge in [-0.2, -0.15) is 0 Å². The van der Waals surface area contributed by atoms with Gasteiger partial charge in [-0.3, -0.25) is 9.59 Å². The molecule has 0 saturated carbocycles. The number of hydrogen-bond donors (Lipinski definition) is 0. The van der Waals surface area contributed by atoms with Crippen LogP contribution < -0.4 is 4.74 Å². The van der Waals surface area contributed by atoms with E-state index in [-0.39, 0.29) is 24.4 Å². The summed E-state index contributed by atoms with van der Waals surface area (Å²) in [7, 11) is 1.56. The van der Waals surface area contributed by atoms with Crippen LogP contribution in [0.4, 0.5) is 0 Å². The van der Waals surface area contributed by atoms with Crippen LogP contribution in [0.15, 0.2) is 71.1 Å². The smallest absolute Gasteiger partial charge is 0.254 e. The monoisotopic (exact) mass is 434 g/mol. The molecule has 168 valence electrons. The Bertz CT molecular complexity index is 1040. The number of ether oxygens (including phenoxy) is 1. The van der Waals surface area contributed by atoms with Gasteiger partial charge in [-0.1, -0.05) is 36.4 Å². The number of nitrogens with zero attached hydrogens (tertiary/aromatic N) is 2. The van der Waals surface area contributed by atoms with E-state index in [1.165, 1.54) is 0 Å². The van der Waals surface area contributed by atoms with Crippen molar-refractivity contribution < 1.29 is 18.7 Å². The highest BCUT2D eigenvalue weighted by atomic mass is 16.5. The summed E-state index contributed by atoms with van der Waals surface area (Å²) >= 11 is 0. The third-order valence-corrected chi connectivity index (χ3v) is 5.22. The highest BCUT2D eigenvalue weighted by molar-refractivity contribution is 5.97. The first kappa shape index (κ1) is 23.1. The van der Waals surface area contributed by atoms with Crippen LogP contribution in [0.1, 0.15) is 41.3 Å². The van der Waals surface area contributed by atoms with Gasteiger partial charge in [-0.15, -0.1) is 0 Å². The van der Waals surface area contributed by atoms with Crippen LogP contribution in [-0.4, -0.2) is 41.3 Å². The molecule has 1 heterocycles. The first-order valence-electron chi connectivity index (χ1n) is 10.7. The zero-order valence-corrected chi connectivity index (χ0v) is 19.1. The first-order valence-corrected chi connectivity index (χ1v) is 10.7. The second kappa shape index (κ2) is 10.7. The van der Waals surface area contributed by atoms with Crippen molar-refractivity contribution in [3.05, 3.63) is 89.4 Å². The average Bonchev–Trinajstić information content (AvgIpc) is 3.21. The van der Waals surface area contributed by atoms with Crippen LogP contribution in [0.25, 0.3) is 0 Å². The lowest BCUT2D eigenvalue weighted by molar-refractivity contribution is -0.133. The van der Waals surface area contributed by atoms with Crippen LogP contribution in [0.5, 0.6) is 5.75 Å². The van der Waals surface area contributed by atoms with Crippen LogP contribution in [-0.2, 0) is 17.9 Å². The van der Waals surface area contributed by atoms with E-state index < -0.39 is 0 Å². The maximum absolute atomic E-state index is 13.4. The Kier molecular flexibility index (Phi) is 7.71. The second-order valence-electron chi connectivity index (χ2n) is 8.01. The molecule has 1 aromatic heterocycles. The highest BCUT2D eigenvalue weighted by Crippen LogP contribution is 2.18. The largest absolute Gasteiger partial charge is 0.497 e. The SMILES string of the molecule is COc1cccc(C(=O)N(CC(=O)N(Cc2ccccc2)Cc2ccc(C)o2)C(C)C)c1. The molecular weight excluding hydrogens is 404 g/mol. The van der Waals surface area contributed by atoms with E-state index in [1.807, 2.05) is 63.2 Å². The van der Waals surface area contributed by atoms with Crippen molar-refractivity contribution in [1.29, 1.82) is 0 Å². The molecule has 6 heteroatoms. The maximum Gasteiger partial charge on any atom is 0.254 e. The van der Waals surface area contributed by atoms with Gasteiger partial charge in [-0.25, -0.2) is 0 Å². The zero-order valence-electron chi connectivity index (χ0n) is 19.1. The molecule has 32 heavy (non-hydrogen) atoms. The molecule has 0 aliphatic carbocycles. The molecule has 3 rings (SSSR count). The van der Waals surface area contributed by atoms with Crippen molar-refractivity contribution in [2.24, 2.45) is 0 Å². The van der Waals surface area contributed by atoms with Gasteiger partial charge < -0.3 is 19.0 Å². The predicted molar refractivity (Wildman–Crippen MR) is 123 cm³/mol. The standard InChI is InChI=1S/C26H30N2O4/c1-19(2)28(26(30)22-11-8-12-23(15-22)31-4)18-25(29)27(16-21-9-6-5-7-10-21)17-24-14-13-20(3)32-24/h5-15,19H,16-18H2,1-4H3. The first-order chi connectivity index (χ1) is 15.4. The van der Waals surface area contributed by atoms with Crippen molar-refractivity contribution in [2.75, 3.05) is 13.7 Å². The Morgan fingerprint density at radius 1 is 0.969 bits per heavy atom. The number of furan rings is 1. The number of hydrogen-bond acceptors (Lipinski definition) is 4. The lowest BCUT2D eigenvalue weighted by atomic mass is 10.1. The molecule has 2 aromatic carbocycles. The number of carbonyl (C=O) groups excluding carboxylic acids is 2. The van der Waals surface area contributed by atoms with Gasteiger partial charge in [0.05, 0.1) is 13.7 Å². The fraction of sp³-hybridized carbons (Fsp3) is 0.308. The van der Waals surface area contributed by atoms with Crippen molar-refractivity contribution >= 4 is 11.8 Å². The molecule has 0 radical (unpaired) electrons. The predicted octanol–water partition coefficient (Wildman–Crippen LogP) is 4.68. The number of aryl methyl sites for hydroxylation is 1. The molecule has 0 aliphatic heterocycles. The van der Waals surface area contributed by atoms with Crippen LogP contribution >= 0.6 is 0 Å². The van der Waals surface area contributed by atoms with Crippen LogP contribution in [0.3, 0.4) is 0 Å². The number of rotatable bonds is 9. The van der Waals surface area contributed by atoms with E-state index in [9.17, 15) is 9.59 Å². The lowest BCUT2D eigenvalue weighted by Gasteiger charge is -2.30. The molecule has 0 bridgehead atoms. The second-order valence-corrected chi connectivity index (χ2v) is 8.01. The third-order valence-electron chi connectivity index (χ3n) is 5.22.